The van der Waals surface area contributed by atoms with Gasteiger partial charge in [0.15, 0.2) is 6.10 Å². The van der Waals surface area contributed by atoms with Crippen molar-refractivity contribution in [1.82, 2.24) is 9.55 Å². The molecule has 1 saturated heterocycles. The van der Waals surface area contributed by atoms with Gasteiger partial charge in [-0.1, -0.05) is 0 Å². The van der Waals surface area contributed by atoms with Gasteiger partial charge < -0.3 is 28.1 Å². The molecule has 0 aromatic carbocycles. The molecule has 1 aliphatic rings. The van der Waals surface area contributed by atoms with Crippen LogP contribution < -0.4 is 62.8 Å². The third-order valence-electron chi connectivity index (χ3n) is 2.66. The molecule has 1 fully saturated rings. The van der Waals surface area contributed by atoms with Gasteiger partial charge in [-0.3, -0.25) is 4.57 Å². The Morgan fingerprint density at radius 1 is 1.55 bits per heavy atom. The third-order valence-corrected chi connectivity index (χ3v) is 2.66. The quantitative estimate of drug-likeness (QED) is 0.381. The second-order valence-electron chi connectivity index (χ2n) is 3.87. The number of nitrogens with zero attached hydrogens (tertiary/aromatic N) is 2. The van der Waals surface area contributed by atoms with E-state index >= 15 is 0 Å². The number of ether oxygens (including phenoxy) is 1. The molecule has 3 atom stereocenters. The largest absolute Gasteiger partial charge is 1.00 e. The van der Waals surface area contributed by atoms with Crippen molar-refractivity contribution >= 4 is 5.82 Å². The van der Waals surface area contributed by atoms with Crippen molar-refractivity contribution in [2.24, 2.45) is 0 Å². The zero-order valence-electron chi connectivity index (χ0n) is 11.0. The van der Waals surface area contributed by atoms with Crippen LogP contribution in [-0.4, -0.2) is 44.5 Å². The van der Waals surface area contributed by atoms with Crippen LogP contribution in [0.1, 0.15) is 6.23 Å². The summed E-state index contributed by atoms with van der Waals surface area (Å²) in [5.74, 6) is -3.83. The Morgan fingerprint density at radius 2 is 2.15 bits per heavy atom. The molecule has 4 N–H and O–H groups in total. The molecule has 2 rings (SSSR count). The Balaban J connectivity index is 0.00000180. The standard InChI is InChI=1S/C9H11F2N3O4.CH3.K/c10-9(11)6(16)4(3-15)18-7(9)14-2-1-5(12)13-8(14)17;;/h1-2,4,6-7,15-16H,3H2,(H2,12,13,17);1H3;/q;-1;+1/t4?,6-,7?;;/m0../s1. The molecule has 2 unspecified atom stereocenters. The number of alkyl halides is 2. The summed E-state index contributed by atoms with van der Waals surface area (Å²) in [6.07, 6.45) is -4.69. The first-order chi connectivity index (χ1) is 8.37. The summed E-state index contributed by atoms with van der Waals surface area (Å²) in [6.45, 7) is -0.787. The van der Waals surface area contributed by atoms with Crippen LogP contribution in [0.5, 0.6) is 0 Å². The summed E-state index contributed by atoms with van der Waals surface area (Å²) in [4.78, 5) is 14.7. The van der Waals surface area contributed by atoms with Gasteiger partial charge in [-0.05, 0) is 6.07 Å². The molecule has 1 aromatic rings. The topological polar surface area (TPSA) is 111 Å². The minimum atomic E-state index is -3.71. The van der Waals surface area contributed by atoms with E-state index in [2.05, 4.69) is 4.98 Å². The maximum Gasteiger partial charge on any atom is 1.00 e. The van der Waals surface area contributed by atoms with Crippen molar-refractivity contribution < 1.29 is 75.1 Å². The van der Waals surface area contributed by atoms with E-state index in [1.54, 1.807) is 0 Å². The van der Waals surface area contributed by atoms with E-state index in [-0.39, 0.29) is 64.6 Å². The first-order valence-electron chi connectivity index (χ1n) is 5.04. The van der Waals surface area contributed by atoms with E-state index in [0.29, 0.717) is 4.57 Å². The Morgan fingerprint density at radius 3 is 2.60 bits per heavy atom. The molecule has 0 saturated carbocycles. The molecule has 7 nitrogen and oxygen atoms in total. The van der Waals surface area contributed by atoms with Gasteiger partial charge in [-0.2, -0.15) is 13.8 Å². The molecular weight excluding hydrogens is 303 g/mol. The van der Waals surface area contributed by atoms with Crippen LogP contribution >= 0.6 is 0 Å². The second-order valence-corrected chi connectivity index (χ2v) is 3.87. The Labute approximate surface area is 156 Å². The van der Waals surface area contributed by atoms with Crippen LogP contribution in [0.25, 0.3) is 0 Å². The number of anilines is 1. The van der Waals surface area contributed by atoms with Crippen LogP contribution in [0.2, 0.25) is 0 Å². The van der Waals surface area contributed by atoms with E-state index in [0.717, 1.165) is 12.3 Å². The molecule has 20 heavy (non-hydrogen) atoms. The van der Waals surface area contributed by atoms with E-state index in [1.807, 2.05) is 0 Å². The van der Waals surface area contributed by atoms with Crippen LogP contribution in [-0.2, 0) is 4.74 Å². The SMILES string of the molecule is Nc1ccn(C2OC(CO)[C@H](O)C2(F)F)c(=O)n1.[CH3-].[K+]. The predicted molar refractivity (Wildman–Crippen MR) is 61.3 cm³/mol. The zero-order chi connectivity index (χ0) is 13.5. The summed E-state index contributed by atoms with van der Waals surface area (Å²) >= 11 is 0. The number of nitrogens with two attached hydrogens (primary N) is 1. The summed E-state index contributed by atoms with van der Waals surface area (Å²) in [7, 11) is 0. The number of rotatable bonds is 2. The second kappa shape index (κ2) is 7.36. The van der Waals surface area contributed by atoms with Gasteiger partial charge in [0.2, 0.25) is 6.23 Å². The molecule has 0 spiro atoms. The van der Waals surface area contributed by atoms with Gasteiger partial charge in [-0.15, -0.1) is 0 Å². The summed E-state index contributed by atoms with van der Waals surface area (Å²) in [5, 5.41) is 18.1. The van der Waals surface area contributed by atoms with Gasteiger partial charge in [0, 0.05) is 6.20 Å². The summed E-state index contributed by atoms with van der Waals surface area (Å²) < 4.78 is 32.7. The van der Waals surface area contributed by atoms with E-state index in [4.69, 9.17) is 15.6 Å². The van der Waals surface area contributed by atoms with E-state index < -0.39 is 36.7 Å². The fourth-order valence-corrected chi connectivity index (χ4v) is 1.72. The molecule has 10 heteroatoms. The monoisotopic (exact) mass is 317 g/mol. The smallest absolute Gasteiger partial charge is 0.394 e. The number of hydrogen-bond acceptors (Lipinski definition) is 6. The molecule has 2 heterocycles. The summed E-state index contributed by atoms with van der Waals surface area (Å²) in [5.41, 5.74) is 4.21. The van der Waals surface area contributed by atoms with Crippen molar-refractivity contribution in [2.45, 2.75) is 24.4 Å². The van der Waals surface area contributed by atoms with Crippen molar-refractivity contribution in [3.05, 3.63) is 30.2 Å². The molecule has 0 aliphatic carbocycles. The van der Waals surface area contributed by atoms with Crippen molar-refractivity contribution in [3.63, 3.8) is 0 Å². The Hall–Kier alpha value is 0.0564. The number of halogens is 2. The van der Waals surface area contributed by atoms with Crippen molar-refractivity contribution in [2.75, 3.05) is 12.3 Å². The molecule has 108 valence electrons. The van der Waals surface area contributed by atoms with Gasteiger partial charge >= 0.3 is 63.0 Å². The number of hydrogen-bond donors (Lipinski definition) is 3. The molecular formula is C10H14F2KN3O4. The number of nitrogen functional groups attached to an aromatic ring is 1. The average molecular weight is 317 g/mol. The first-order valence-corrected chi connectivity index (χ1v) is 5.04. The van der Waals surface area contributed by atoms with Gasteiger partial charge in [-0.25, -0.2) is 4.79 Å². The predicted octanol–water partition coefficient (Wildman–Crippen LogP) is -3.83. The average Bonchev–Trinajstić information content (AvgIpc) is 2.52. The number of aliphatic hydroxyl groups excluding tert-OH is 2. The first kappa shape index (κ1) is 20.1. The van der Waals surface area contributed by atoms with E-state index in [9.17, 15) is 18.7 Å². The molecule has 0 bridgehead atoms. The minimum absolute atomic E-state index is 0. The number of aliphatic hydroxyl groups is 2. The summed E-state index contributed by atoms with van der Waals surface area (Å²) in [6, 6.07) is 1.15. The maximum absolute atomic E-state index is 13.7. The molecule has 0 amide bonds. The van der Waals surface area contributed by atoms with Crippen LogP contribution in [0.4, 0.5) is 14.6 Å². The maximum atomic E-state index is 13.7. The Kier molecular flexibility index (Phi) is 7.38. The molecule has 1 aliphatic heterocycles. The van der Waals surface area contributed by atoms with Gasteiger partial charge in [0.25, 0.3) is 0 Å². The van der Waals surface area contributed by atoms with Crippen molar-refractivity contribution in [3.8, 4) is 0 Å². The van der Waals surface area contributed by atoms with Crippen LogP contribution in [0.15, 0.2) is 17.1 Å². The van der Waals surface area contributed by atoms with E-state index in [1.165, 1.54) is 0 Å². The third kappa shape index (κ3) is 3.44. The molecule has 0 radical (unpaired) electrons. The Bertz CT molecular complexity index is 514. The fraction of sp³-hybridized carbons (Fsp3) is 0.500. The molecule has 1 aromatic heterocycles. The minimum Gasteiger partial charge on any atom is -0.394 e. The van der Waals surface area contributed by atoms with Gasteiger partial charge in [0.1, 0.15) is 11.9 Å². The zero-order valence-corrected chi connectivity index (χ0v) is 14.2. The normalized spacial score (nSPS) is 27.5. The fourth-order valence-electron chi connectivity index (χ4n) is 1.72. The van der Waals surface area contributed by atoms with Crippen LogP contribution in [0.3, 0.4) is 0 Å². The van der Waals surface area contributed by atoms with Gasteiger partial charge in [0.05, 0.1) is 6.61 Å². The van der Waals surface area contributed by atoms with Crippen molar-refractivity contribution in [1.29, 1.82) is 0 Å². The number of aromatic nitrogens is 2. The van der Waals surface area contributed by atoms with Crippen LogP contribution in [0, 0.1) is 7.43 Å².